The van der Waals surface area contributed by atoms with Gasteiger partial charge in [-0.15, -0.1) is 0 Å². The molecule has 1 aromatic rings. The second kappa shape index (κ2) is 9.99. The summed E-state index contributed by atoms with van der Waals surface area (Å²) in [5.41, 5.74) is -0.344. The molecule has 8 atom stereocenters. The molecule has 0 spiro atoms. The minimum atomic E-state index is -0.751. The van der Waals surface area contributed by atoms with Crippen molar-refractivity contribution in [2.45, 2.75) is 95.2 Å². The SMILES string of the molecule is CCCC[C@@H]1OCC2([C@@H](OP)[C@@H]3C=CCCC3)N1C(=O)C1CC(OCc3ccccc3)O[C@@]12C. The molecule has 0 bridgehead atoms. The summed E-state index contributed by atoms with van der Waals surface area (Å²) in [4.78, 5) is 16.0. The highest BCUT2D eigenvalue weighted by Gasteiger charge is 2.77. The zero-order valence-corrected chi connectivity index (χ0v) is 21.5. The number of hydrogen-bond acceptors (Lipinski definition) is 5. The highest BCUT2D eigenvalue weighted by molar-refractivity contribution is 7.09. The molecule has 3 aliphatic heterocycles. The summed E-state index contributed by atoms with van der Waals surface area (Å²) in [6, 6.07) is 10.1. The Bertz CT molecular complexity index is 896. The largest absolute Gasteiger partial charge is 0.359 e. The van der Waals surface area contributed by atoms with Crippen molar-refractivity contribution in [2.24, 2.45) is 11.8 Å². The van der Waals surface area contributed by atoms with Crippen molar-refractivity contribution in [1.29, 1.82) is 0 Å². The summed E-state index contributed by atoms with van der Waals surface area (Å²) in [5, 5.41) is 0. The van der Waals surface area contributed by atoms with E-state index in [2.05, 4.69) is 35.5 Å². The first-order valence-corrected chi connectivity index (χ1v) is 13.3. The van der Waals surface area contributed by atoms with Crippen LogP contribution in [0.3, 0.4) is 0 Å². The van der Waals surface area contributed by atoms with E-state index < -0.39 is 17.4 Å². The highest BCUT2D eigenvalue weighted by Crippen LogP contribution is 2.59. The van der Waals surface area contributed by atoms with Gasteiger partial charge in [-0.1, -0.05) is 55.8 Å². The fraction of sp³-hybridized carbons (Fsp3) is 0.667. The molecule has 0 radical (unpaired) electrons. The third kappa shape index (κ3) is 3.87. The van der Waals surface area contributed by atoms with Crippen molar-refractivity contribution in [3.63, 3.8) is 0 Å². The van der Waals surface area contributed by atoms with Crippen LogP contribution in [0.25, 0.3) is 0 Å². The van der Waals surface area contributed by atoms with Crippen LogP contribution in [0.1, 0.15) is 64.4 Å². The third-order valence-corrected chi connectivity index (χ3v) is 8.75. The van der Waals surface area contributed by atoms with Gasteiger partial charge in [0.2, 0.25) is 5.91 Å². The number of nitrogens with zero attached hydrogens (tertiary/aromatic N) is 1. The maximum absolute atomic E-state index is 14.0. The van der Waals surface area contributed by atoms with Crippen LogP contribution in [0.15, 0.2) is 42.5 Å². The van der Waals surface area contributed by atoms with Gasteiger partial charge in [-0.3, -0.25) is 4.79 Å². The molecule has 4 unspecified atom stereocenters. The van der Waals surface area contributed by atoms with E-state index in [0.29, 0.717) is 19.6 Å². The quantitative estimate of drug-likeness (QED) is 0.363. The first-order chi connectivity index (χ1) is 16.5. The van der Waals surface area contributed by atoms with Gasteiger partial charge < -0.3 is 23.6 Å². The minimum absolute atomic E-state index is 0.124. The Morgan fingerprint density at radius 3 is 2.82 bits per heavy atom. The van der Waals surface area contributed by atoms with Crippen LogP contribution < -0.4 is 0 Å². The average molecular weight is 488 g/mol. The first kappa shape index (κ1) is 24.4. The molecule has 0 aromatic heterocycles. The van der Waals surface area contributed by atoms with Gasteiger partial charge >= 0.3 is 0 Å². The number of benzene rings is 1. The summed E-state index contributed by atoms with van der Waals surface area (Å²) < 4.78 is 25.5. The molecule has 1 amide bonds. The van der Waals surface area contributed by atoms with Crippen LogP contribution in [0.4, 0.5) is 0 Å². The van der Waals surface area contributed by atoms with Gasteiger partial charge in [-0.2, -0.15) is 0 Å². The van der Waals surface area contributed by atoms with E-state index in [9.17, 15) is 4.79 Å². The van der Waals surface area contributed by atoms with Gasteiger partial charge in [-0.05, 0) is 44.6 Å². The maximum atomic E-state index is 14.0. The van der Waals surface area contributed by atoms with Crippen molar-refractivity contribution < 1.29 is 23.5 Å². The lowest BCUT2D eigenvalue weighted by Gasteiger charge is -2.49. The Balaban J connectivity index is 1.46. The molecule has 0 N–H and O–H groups in total. The van der Waals surface area contributed by atoms with Gasteiger partial charge in [0.25, 0.3) is 0 Å². The first-order valence-electron chi connectivity index (χ1n) is 12.9. The van der Waals surface area contributed by atoms with E-state index in [0.717, 1.165) is 44.1 Å². The summed E-state index contributed by atoms with van der Waals surface area (Å²) in [6.07, 6.45) is 10.4. The molecule has 6 nitrogen and oxygen atoms in total. The van der Waals surface area contributed by atoms with Crippen LogP contribution in [0.5, 0.6) is 0 Å². The number of amides is 1. The van der Waals surface area contributed by atoms with E-state index in [-0.39, 0.29) is 30.1 Å². The normalized spacial score (nSPS) is 37.7. The fourth-order valence-corrected chi connectivity index (χ4v) is 7.12. The van der Waals surface area contributed by atoms with Gasteiger partial charge in [0, 0.05) is 21.8 Å². The molecule has 34 heavy (non-hydrogen) atoms. The van der Waals surface area contributed by atoms with E-state index in [4.69, 9.17) is 18.7 Å². The molecule has 1 aromatic carbocycles. The Morgan fingerprint density at radius 2 is 2.12 bits per heavy atom. The number of allylic oxidation sites excluding steroid dienone is 1. The number of rotatable bonds is 9. The molecule has 186 valence electrons. The van der Waals surface area contributed by atoms with Crippen LogP contribution >= 0.6 is 9.47 Å². The summed E-state index contributed by atoms with van der Waals surface area (Å²) in [5.74, 6) is 0.0637. The Morgan fingerprint density at radius 1 is 1.29 bits per heavy atom. The molecule has 3 heterocycles. The van der Waals surface area contributed by atoms with Crippen molar-refractivity contribution in [3.8, 4) is 0 Å². The van der Waals surface area contributed by atoms with Crippen molar-refractivity contribution in [1.82, 2.24) is 4.90 Å². The Labute approximate surface area is 205 Å². The lowest BCUT2D eigenvalue weighted by Crippen LogP contribution is -2.67. The predicted molar refractivity (Wildman–Crippen MR) is 133 cm³/mol. The van der Waals surface area contributed by atoms with Crippen molar-refractivity contribution >= 4 is 15.4 Å². The van der Waals surface area contributed by atoms with Gasteiger partial charge in [0.15, 0.2) is 6.29 Å². The number of ether oxygens (including phenoxy) is 3. The van der Waals surface area contributed by atoms with Crippen LogP contribution in [0.2, 0.25) is 0 Å². The topological polar surface area (TPSA) is 57.2 Å². The average Bonchev–Trinajstić information content (AvgIpc) is 3.47. The monoisotopic (exact) mass is 487 g/mol. The second-order valence-corrected chi connectivity index (χ2v) is 10.6. The lowest BCUT2D eigenvalue weighted by molar-refractivity contribution is -0.212. The standard InChI is InChI=1S/C27H38NO5P/c1-3-4-15-22-28-25(29)21-16-23(30-17-19-11-7-5-8-12-19)32-26(21,2)27(28,18-31-22)24(33-34)20-13-9-6-10-14-20/h5,7-9,11-13,20-24H,3-4,6,10,14-18,34H2,1-2H3/t20-,21?,22+,23?,24+,26+,27?/m1/s1. The summed E-state index contributed by atoms with van der Waals surface area (Å²) >= 11 is 0. The molecule has 3 fully saturated rings. The number of carbonyl (C=O) groups excluding carboxylic acids is 1. The van der Waals surface area contributed by atoms with Crippen molar-refractivity contribution in [3.05, 3.63) is 48.0 Å². The molecular weight excluding hydrogens is 449 g/mol. The zero-order chi connectivity index (χ0) is 23.8. The molecule has 3 saturated heterocycles. The minimum Gasteiger partial charge on any atom is -0.359 e. The fourth-order valence-electron chi connectivity index (χ4n) is 6.69. The summed E-state index contributed by atoms with van der Waals surface area (Å²) in [7, 11) is 2.48. The molecule has 1 aliphatic carbocycles. The number of fused-ring (bicyclic) bond motifs is 3. The molecule has 7 heteroatoms. The summed E-state index contributed by atoms with van der Waals surface area (Å²) in [6.45, 7) is 5.15. The number of hydrogen-bond donors (Lipinski definition) is 0. The number of carbonyl (C=O) groups is 1. The van der Waals surface area contributed by atoms with E-state index in [1.807, 2.05) is 35.2 Å². The van der Waals surface area contributed by atoms with E-state index >= 15 is 0 Å². The molecule has 0 saturated carbocycles. The Hall–Kier alpha value is -1.30. The number of unbranched alkanes of at least 4 members (excludes halogenated alkanes) is 1. The van der Waals surface area contributed by atoms with Crippen LogP contribution in [-0.4, -0.2) is 47.2 Å². The lowest BCUT2D eigenvalue weighted by atomic mass is 9.69. The smallest absolute Gasteiger partial charge is 0.231 e. The highest BCUT2D eigenvalue weighted by atomic mass is 31.0. The van der Waals surface area contributed by atoms with Crippen LogP contribution in [-0.2, 0) is 30.1 Å². The van der Waals surface area contributed by atoms with E-state index in [1.165, 1.54) is 0 Å². The van der Waals surface area contributed by atoms with E-state index in [1.54, 1.807) is 0 Å². The van der Waals surface area contributed by atoms with Gasteiger partial charge in [0.05, 0.1) is 25.2 Å². The van der Waals surface area contributed by atoms with Gasteiger partial charge in [0.1, 0.15) is 17.4 Å². The Kier molecular flexibility index (Phi) is 7.17. The molecule has 5 rings (SSSR count). The third-order valence-electron chi connectivity index (χ3n) is 8.46. The second-order valence-electron chi connectivity index (χ2n) is 10.4. The zero-order valence-electron chi connectivity index (χ0n) is 20.4. The molecule has 4 aliphatic rings. The van der Waals surface area contributed by atoms with Gasteiger partial charge in [-0.25, -0.2) is 0 Å². The van der Waals surface area contributed by atoms with Crippen molar-refractivity contribution in [2.75, 3.05) is 6.61 Å². The maximum Gasteiger partial charge on any atom is 0.231 e. The van der Waals surface area contributed by atoms with Crippen LogP contribution in [0, 0.1) is 11.8 Å². The predicted octanol–water partition coefficient (Wildman–Crippen LogP) is 4.98. The molecular formula is C27H38NO5P.